The molecule has 1 N–H and O–H groups in total. The van der Waals surface area contributed by atoms with E-state index >= 15 is 0 Å². The molecule has 108 valence electrons. The molecule has 0 spiro atoms. The van der Waals surface area contributed by atoms with Gasteiger partial charge in [0, 0.05) is 12.1 Å². The molecule has 5 heteroatoms. The topological polar surface area (TPSA) is 58.4 Å². The minimum absolute atomic E-state index is 0.0466. The summed E-state index contributed by atoms with van der Waals surface area (Å²) in [4.78, 5) is 14.0. The standard InChI is InChI=1S/C14H25N3O2/c1-6-7-13(17(4)5)14(18)15-9-8-12-10(2)16-19-11(12)3/h13H,6-9H2,1-5H3,(H,15,18). The van der Waals surface area contributed by atoms with E-state index in [9.17, 15) is 4.79 Å². The summed E-state index contributed by atoms with van der Waals surface area (Å²) < 4.78 is 5.11. The third kappa shape index (κ3) is 4.35. The zero-order valence-corrected chi connectivity index (χ0v) is 12.6. The van der Waals surface area contributed by atoms with Crippen molar-refractivity contribution in [3.63, 3.8) is 0 Å². The van der Waals surface area contributed by atoms with Crippen molar-refractivity contribution in [3.8, 4) is 0 Å². The van der Waals surface area contributed by atoms with Gasteiger partial charge in [-0.1, -0.05) is 18.5 Å². The van der Waals surface area contributed by atoms with Crippen molar-refractivity contribution in [2.45, 2.75) is 46.1 Å². The van der Waals surface area contributed by atoms with Crippen LogP contribution >= 0.6 is 0 Å². The second-order valence-electron chi connectivity index (χ2n) is 5.11. The molecule has 1 amide bonds. The SMILES string of the molecule is CCCC(C(=O)NCCc1c(C)noc1C)N(C)C. The molecule has 1 aromatic rings. The number of carbonyl (C=O) groups is 1. The predicted octanol–water partition coefficient (Wildman–Crippen LogP) is 1.68. The van der Waals surface area contributed by atoms with E-state index in [1.807, 2.05) is 32.8 Å². The lowest BCUT2D eigenvalue weighted by atomic mass is 10.1. The number of aryl methyl sites for hydroxylation is 2. The predicted molar refractivity (Wildman–Crippen MR) is 75.1 cm³/mol. The van der Waals surface area contributed by atoms with Crippen molar-refractivity contribution < 1.29 is 9.32 Å². The Labute approximate surface area is 115 Å². The minimum atomic E-state index is -0.0466. The summed E-state index contributed by atoms with van der Waals surface area (Å²) in [5, 5.41) is 6.90. The second-order valence-corrected chi connectivity index (χ2v) is 5.11. The zero-order valence-electron chi connectivity index (χ0n) is 12.6. The fraction of sp³-hybridized carbons (Fsp3) is 0.714. The highest BCUT2D eigenvalue weighted by molar-refractivity contribution is 5.81. The van der Waals surface area contributed by atoms with Gasteiger partial charge in [-0.15, -0.1) is 0 Å². The molecule has 1 heterocycles. The molecule has 0 radical (unpaired) electrons. The summed E-state index contributed by atoms with van der Waals surface area (Å²) in [7, 11) is 3.88. The van der Waals surface area contributed by atoms with E-state index in [4.69, 9.17) is 4.52 Å². The Hall–Kier alpha value is -1.36. The van der Waals surface area contributed by atoms with Gasteiger partial charge in [0.2, 0.25) is 5.91 Å². The molecule has 0 aliphatic rings. The zero-order chi connectivity index (χ0) is 14.4. The third-order valence-corrected chi connectivity index (χ3v) is 3.34. The van der Waals surface area contributed by atoms with Crippen molar-refractivity contribution in [1.29, 1.82) is 0 Å². The van der Waals surface area contributed by atoms with Gasteiger partial charge >= 0.3 is 0 Å². The Morgan fingerprint density at radius 1 is 1.42 bits per heavy atom. The number of rotatable bonds is 7. The van der Waals surface area contributed by atoms with Crippen LogP contribution in [0.15, 0.2) is 4.52 Å². The largest absolute Gasteiger partial charge is 0.361 e. The van der Waals surface area contributed by atoms with Crippen LogP contribution in [0.5, 0.6) is 0 Å². The first-order valence-electron chi connectivity index (χ1n) is 6.83. The number of amides is 1. The molecule has 19 heavy (non-hydrogen) atoms. The van der Waals surface area contributed by atoms with Crippen LogP contribution in [0.2, 0.25) is 0 Å². The maximum Gasteiger partial charge on any atom is 0.237 e. The van der Waals surface area contributed by atoms with Gasteiger partial charge in [0.1, 0.15) is 5.76 Å². The quantitative estimate of drug-likeness (QED) is 0.816. The molecule has 1 rings (SSSR count). The van der Waals surface area contributed by atoms with Gasteiger partial charge in [-0.3, -0.25) is 9.69 Å². The lowest BCUT2D eigenvalue weighted by Crippen LogP contribution is -2.44. The van der Waals surface area contributed by atoms with Gasteiger partial charge in [-0.2, -0.15) is 0 Å². The Morgan fingerprint density at radius 2 is 2.11 bits per heavy atom. The molecule has 5 nitrogen and oxygen atoms in total. The summed E-state index contributed by atoms with van der Waals surface area (Å²) in [6, 6.07) is -0.0466. The van der Waals surface area contributed by atoms with Crippen LogP contribution in [0.3, 0.4) is 0 Å². The summed E-state index contributed by atoms with van der Waals surface area (Å²) in [5.41, 5.74) is 2.00. The Morgan fingerprint density at radius 3 is 2.58 bits per heavy atom. The Kier molecular flexibility index (Phi) is 6.02. The van der Waals surface area contributed by atoms with E-state index in [-0.39, 0.29) is 11.9 Å². The first-order chi connectivity index (χ1) is 8.97. The number of hydrogen-bond acceptors (Lipinski definition) is 4. The van der Waals surface area contributed by atoms with E-state index in [0.717, 1.165) is 36.3 Å². The van der Waals surface area contributed by atoms with Gasteiger partial charge in [-0.25, -0.2) is 0 Å². The lowest BCUT2D eigenvalue weighted by Gasteiger charge is -2.22. The van der Waals surface area contributed by atoms with Crippen molar-refractivity contribution in [2.24, 2.45) is 0 Å². The number of nitrogens with one attached hydrogen (secondary N) is 1. The first-order valence-corrected chi connectivity index (χ1v) is 6.83. The molecule has 0 aromatic carbocycles. The third-order valence-electron chi connectivity index (χ3n) is 3.34. The fourth-order valence-electron chi connectivity index (χ4n) is 2.18. The molecule has 1 aromatic heterocycles. The van der Waals surface area contributed by atoms with Crippen LogP contribution in [-0.2, 0) is 11.2 Å². The molecule has 0 bridgehead atoms. The molecule has 0 saturated carbocycles. The number of likely N-dealkylation sites (N-methyl/N-ethyl adjacent to an activating group) is 1. The Bertz CT molecular complexity index is 393. The summed E-state index contributed by atoms with van der Waals surface area (Å²) >= 11 is 0. The highest BCUT2D eigenvalue weighted by Crippen LogP contribution is 2.12. The van der Waals surface area contributed by atoms with Gasteiger partial charge in [-0.05, 0) is 40.8 Å². The number of hydrogen-bond donors (Lipinski definition) is 1. The van der Waals surface area contributed by atoms with Crippen LogP contribution in [0.25, 0.3) is 0 Å². The van der Waals surface area contributed by atoms with E-state index in [0.29, 0.717) is 6.54 Å². The minimum Gasteiger partial charge on any atom is -0.361 e. The molecular weight excluding hydrogens is 242 g/mol. The number of carbonyl (C=O) groups excluding carboxylic acids is 1. The van der Waals surface area contributed by atoms with Crippen LogP contribution in [0.1, 0.15) is 36.8 Å². The normalized spacial score (nSPS) is 12.7. The number of nitrogens with zero attached hydrogens (tertiary/aromatic N) is 2. The molecule has 0 fully saturated rings. The van der Waals surface area contributed by atoms with Crippen LogP contribution in [0, 0.1) is 13.8 Å². The number of aromatic nitrogens is 1. The molecule has 1 atom stereocenters. The van der Waals surface area contributed by atoms with Crippen LogP contribution in [-0.4, -0.2) is 42.6 Å². The average molecular weight is 267 g/mol. The summed E-state index contributed by atoms with van der Waals surface area (Å²) in [5.74, 6) is 0.933. The van der Waals surface area contributed by atoms with Crippen molar-refractivity contribution in [3.05, 3.63) is 17.0 Å². The first kappa shape index (κ1) is 15.7. The van der Waals surface area contributed by atoms with Crippen LogP contribution in [0.4, 0.5) is 0 Å². The Balaban J connectivity index is 2.46. The smallest absolute Gasteiger partial charge is 0.237 e. The molecule has 0 aliphatic carbocycles. The van der Waals surface area contributed by atoms with Gasteiger partial charge in [0.05, 0.1) is 11.7 Å². The van der Waals surface area contributed by atoms with Gasteiger partial charge in [0.25, 0.3) is 0 Å². The van der Waals surface area contributed by atoms with E-state index in [1.165, 1.54) is 0 Å². The highest BCUT2D eigenvalue weighted by atomic mass is 16.5. The molecular formula is C14H25N3O2. The van der Waals surface area contributed by atoms with Crippen molar-refractivity contribution in [2.75, 3.05) is 20.6 Å². The maximum absolute atomic E-state index is 12.1. The fourth-order valence-corrected chi connectivity index (χ4v) is 2.18. The average Bonchev–Trinajstić information content (AvgIpc) is 2.66. The van der Waals surface area contributed by atoms with Crippen molar-refractivity contribution >= 4 is 5.91 Å². The lowest BCUT2D eigenvalue weighted by molar-refractivity contribution is -0.125. The molecule has 0 saturated heterocycles. The second kappa shape index (κ2) is 7.28. The van der Waals surface area contributed by atoms with Gasteiger partial charge in [0.15, 0.2) is 0 Å². The highest BCUT2D eigenvalue weighted by Gasteiger charge is 2.19. The maximum atomic E-state index is 12.1. The van der Waals surface area contributed by atoms with E-state index in [2.05, 4.69) is 17.4 Å². The van der Waals surface area contributed by atoms with Gasteiger partial charge < -0.3 is 9.84 Å². The monoisotopic (exact) mass is 267 g/mol. The van der Waals surface area contributed by atoms with Crippen LogP contribution < -0.4 is 5.32 Å². The van der Waals surface area contributed by atoms with E-state index < -0.39 is 0 Å². The molecule has 0 aliphatic heterocycles. The van der Waals surface area contributed by atoms with E-state index in [1.54, 1.807) is 0 Å². The summed E-state index contributed by atoms with van der Waals surface area (Å²) in [6.45, 7) is 6.54. The molecule has 1 unspecified atom stereocenters. The van der Waals surface area contributed by atoms with Crippen molar-refractivity contribution in [1.82, 2.24) is 15.4 Å². The summed E-state index contributed by atoms with van der Waals surface area (Å²) in [6.07, 6.45) is 2.64.